The van der Waals surface area contributed by atoms with Crippen LogP contribution in [0.15, 0.2) is 27.5 Å². The van der Waals surface area contributed by atoms with Crippen LogP contribution in [0, 0.1) is 18.6 Å². The lowest BCUT2D eigenvalue weighted by Gasteiger charge is -2.04. The number of hydrogen-bond donors (Lipinski definition) is 1. The second-order valence-electron chi connectivity index (χ2n) is 3.87. The first-order valence-corrected chi connectivity index (χ1v) is 5.95. The number of hydrogen-bond acceptors (Lipinski definition) is 2. The molecule has 0 bridgehead atoms. The van der Waals surface area contributed by atoms with Crippen molar-refractivity contribution in [1.82, 2.24) is 9.97 Å². The summed E-state index contributed by atoms with van der Waals surface area (Å²) in [5, 5.41) is 0. The third-order valence-electron chi connectivity index (χ3n) is 2.37. The van der Waals surface area contributed by atoms with E-state index in [2.05, 4.69) is 25.9 Å². The minimum absolute atomic E-state index is 0.165. The summed E-state index contributed by atoms with van der Waals surface area (Å²) in [6.07, 6.45) is 0.165. The Bertz CT molecular complexity index is 635. The van der Waals surface area contributed by atoms with Gasteiger partial charge in [0.2, 0.25) is 0 Å². The Balaban J connectivity index is 2.37. The summed E-state index contributed by atoms with van der Waals surface area (Å²) >= 11 is 3.10. The lowest BCUT2D eigenvalue weighted by molar-refractivity contribution is 0.580. The fourth-order valence-electron chi connectivity index (χ4n) is 1.62. The van der Waals surface area contributed by atoms with E-state index in [9.17, 15) is 13.6 Å². The van der Waals surface area contributed by atoms with Crippen LogP contribution in [0.3, 0.4) is 0 Å². The van der Waals surface area contributed by atoms with E-state index in [-0.39, 0.29) is 12.0 Å². The van der Waals surface area contributed by atoms with Crippen LogP contribution in [0.4, 0.5) is 8.78 Å². The average Bonchev–Trinajstić information content (AvgIpc) is 2.24. The normalized spacial score (nSPS) is 10.7. The van der Waals surface area contributed by atoms with Crippen LogP contribution in [0.5, 0.6) is 0 Å². The first-order valence-electron chi connectivity index (χ1n) is 5.16. The fourth-order valence-corrected chi connectivity index (χ4v) is 1.81. The summed E-state index contributed by atoms with van der Waals surface area (Å²) < 4.78 is 26.4. The maximum Gasteiger partial charge on any atom is 0.265 e. The molecule has 1 heterocycles. The van der Waals surface area contributed by atoms with E-state index in [1.807, 2.05) is 0 Å². The van der Waals surface area contributed by atoms with E-state index in [1.54, 1.807) is 6.92 Å². The van der Waals surface area contributed by atoms with Gasteiger partial charge in [0.1, 0.15) is 21.9 Å². The van der Waals surface area contributed by atoms with Gasteiger partial charge in [-0.1, -0.05) is 0 Å². The highest BCUT2D eigenvalue weighted by Gasteiger charge is 2.07. The quantitative estimate of drug-likeness (QED) is 0.926. The molecule has 0 unspecified atom stereocenters. The van der Waals surface area contributed by atoms with E-state index >= 15 is 0 Å². The molecule has 3 nitrogen and oxygen atoms in total. The molecule has 0 saturated carbocycles. The van der Waals surface area contributed by atoms with Gasteiger partial charge in [-0.25, -0.2) is 13.8 Å². The standard InChI is InChI=1S/C12H9BrF2N2O/c1-6-11(13)12(18)17-10(16-6)4-7-2-8(14)5-9(15)3-7/h2-3,5H,4H2,1H3,(H,16,17,18). The lowest BCUT2D eigenvalue weighted by atomic mass is 10.1. The van der Waals surface area contributed by atoms with Gasteiger partial charge in [-0.3, -0.25) is 4.79 Å². The number of aromatic nitrogens is 2. The van der Waals surface area contributed by atoms with Crippen molar-refractivity contribution in [2.45, 2.75) is 13.3 Å². The highest BCUT2D eigenvalue weighted by Crippen LogP contribution is 2.12. The number of nitrogens with one attached hydrogen (secondary N) is 1. The maximum atomic E-state index is 13.0. The zero-order chi connectivity index (χ0) is 13.3. The molecule has 0 fully saturated rings. The Kier molecular flexibility index (Phi) is 3.56. The number of aromatic amines is 1. The van der Waals surface area contributed by atoms with E-state index in [4.69, 9.17) is 0 Å². The van der Waals surface area contributed by atoms with E-state index in [1.165, 1.54) is 12.1 Å². The zero-order valence-electron chi connectivity index (χ0n) is 9.43. The molecule has 0 atom stereocenters. The summed E-state index contributed by atoms with van der Waals surface area (Å²) in [6, 6.07) is 3.22. The first-order chi connectivity index (χ1) is 8.45. The predicted octanol–water partition coefficient (Wildman–Crippen LogP) is 2.71. The van der Waals surface area contributed by atoms with Crippen LogP contribution in [-0.2, 0) is 6.42 Å². The molecule has 0 radical (unpaired) electrons. The summed E-state index contributed by atoms with van der Waals surface area (Å²) in [4.78, 5) is 18.2. The van der Waals surface area contributed by atoms with Gasteiger partial charge in [0.05, 0.1) is 5.69 Å². The molecule has 0 aliphatic carbocycles. The minimum Gasteiger partial charge on any atom is -0.309 e. The molecular formula is C12H9BrF2N2O. The van der Waals surface area contributed by atoms with Gasteiger partial charge < -0.3 is 4.98 Å². The van der Waals surface area contributed by atoms with Gasteiger partial charge in [0, 0.05) is 12.5 Å². The maximum absolute atomic E-state index is 13.0. The van der Waals surface area contributed by atoms with Gasteiger partial charge in [-0.2, -0.15) is 0 Å². The number of halogens is 3. The Morgan fingerprint density at radius 1 is 1.28 bits per heavy atom. The molecule has 2 aromatic rings. The van der Waals surface area contributed by atoms with Crippen molar-refractivity contribution in [3.05, 3.63) is 61.7 Å². The molecule has 6 heteroatoms. The Morgan fingerprint density at radius 2 is 1.89 bits per heavy atom. The Hall–Kier alpha value is -1.56. The molecule has 0 aliphatic heterocycles. The van der Waals surface area contributed by atoms with Crippen LogP contribution in [0.25, 0.3) is 0 Å². The number of aryl methyl sites for hydroxylation is 1. The van der Waals surface area contributed by atoms with Gasteiger partial charge in [0.15, 0.2) is 0 Å². The van der Waals surface area contributed by atoms with Crippen molar-refractivity contribution >= 4 is 15.9 Å². The summed E-state index contributed by atoms with van der Waals surface area (Å²) in [5.74, 6) is -0.937. The van der Waals surface area contributed by atoms with E-state index in [0.717, 1.165) is 6.07 Å². The van der Waals surface area contributed by atoms with E-state index in [0.29, 0.717) is 21.6 Å². The van der Waals surface area contributed by atoms with Crippen LogP contribution in [0.2, 0.25) is 0 Å². The number of nitrogens with zero attached hydrogens (tertiary/aromatic N) is 1. The fraction of sp³-hybridized carbons (Fsp3) is 0.167. The molecule has 0 spiro atoms. The second kappa shape index (κ2) is 4.97. The molecule has 0 saturated heterocycles. The van der Waals surface area contributed by atoms with Gasteiger partial charge >= 0.3 is 0 Å². The monoisotopic (exact) mass is 314 g/mol. The summed E-state index contributed by atoms with van der Waals surface area (Å²) in [6.45, 7) is 1.68. The smallest absolute Gasteiger partial charge is 0.265 e. The van der Waals surface area contributed by atoms with Crippen molar-refractivity contribution in [2.75, 3.05) is 0 Å². The minimum atomic E-state index is -0.652. The summed E-state index contributed by atoms with van der Waals surface area (Å²) in [7, 11) is 0. The summed E-state index contributed by atoms with van der Waals surface area (Å²) in [5.41, 5.74) is 0.636. The van der Waals surface area contributed by atoms with Crippen LogP contribution < -0.4 is 5.56 Å². The molecule has 2 rings (SSSR count). The average molecular weight is 315 g/mol. The first kappa shape index (κ1) is 12.9. The number of benzene rings is 1. The third kappa shape index (κ3) is 2.81. The molecular weight excluding hydrogens is 306 g/mol. The number of H-pyrrole nitrogens is 1. The molecule has 18 heavy (non-hydrogen) atoms. The molecule has 0 amide bonds. The molecule has 94 valence electrons. The Labute approximate surface area is 110 Å². The van der Waals surface area contributed by atoms with E-state index < -0.39 is 11.6 Å². The second-order valence-corrected chi connectivity index (χ2v) is 4.66. The molecule has 1 aromatic carbocycles. The largest absolute Gasteiger partial charge is 0.309 e. The van der Waals surface area contributed by atoms with Crippen molar-refractivity contribution in [2.24, 2.45) is 0 Å². The highest BCUT2D eigenvalue weighted by atomic mass is 79.9. The van der Waals surface area contributed by atoms with Crippen LogP contribution in [-0.4, -0.2) is 9.97 Å². The van der Waals surface area contributed by atoms with Gasteiger partial charge in [-0.15, -0.1) is 0 Å². The lowest BCUT2D eigenvalue weighted by Crippen LogP contribution is -2.14. The van der Waals surface area contributed by atoms with Crippen molar-refractivity contribution in [3.8, 4) is 0 Å². The number of rotatable bonds is 2. The molecule has 0 aliphatic rings. The zero-order valence-corrected chi connectivity index (χ0v) is 11.0. The highest BCUT2D eigenvalue weighted by molar-refractivity contribution is 9.10. The third-order valence-corrected chi connectivity index (χ3v) is 3.31. The van der Waals surface area contributed by atoms with Crippen molar-refractivity contribution in [3.63, 3.8) is 0 Å². The van der Waals surface area contributed by atoms with Crippen molar-refractivity contribution in [1.29, 1.82) is 0 Å². The van der Waals surface area contributed by atoms with Gasteiger partial charge in [0.25, 0.3) is 5.56 Å². The Morgan fingerprint density at radius 3 is 2.44 bits per heavy atom. The SMILES string of the molecule is Cc1nc(Cc2cc(F)cc(F)c2)[nH]c(=O)c1Br. The molecule has 1 aromatic heterocycles. The van der Waals surface area contributed by atoms with Crippen LogP contribution >= 0.6 is 15.9 Å². The van der Waals surface area contributed by atoms with Crippen LogP contribution in [0.1, 0.15) is 17.1 Å². The molecule has 1 N–H and O–H groups in total. The van der Waals surface area contributed by atoms with Crippen molar-refractivity contribution < 1.29 is 8.78 Å². The van der Waals surface area contributed by atoms with Gasteiger partial charge in [-0.05, 0) is 40.5 Å². The predicted molar refractivity (Wildman–Crippen MR) is 66.5 cm³/mol. The topological polar surface area (TPSA) is 45.8 Å².